The number of benzene rings is 2. The molecule has 136 valence electrons. The van der Waals surface area contributed by atoms with E-state index >= 15 is 0 Å². The molecule has 0 N–H and O–H groups in total. The molecule has 4 rings (SSSR count). The first kappa shape index (κ1) is 16.9. The number of furan rings is 1. The molecule has 0 aliphatic heterocycles. The number of hydrogen-bond donors (Lipinski definition) is 0. The summed E-state index contributed by atoms with van der Waals surface area (Å²) in [6.07, 6.45) is 0. The highest BCUT2D eigenvalue weighted by molar-refractivity contribution is 5.96. The number of hydrogen-bond acceptors (Lipinski definition) is 7. The lowest BCUT2D eigenvalue weighted by Crippen LogP contribution is -2.11. The number of esters is 1. The lowest BCUT2D eigenvalue weighted by molar-refractivity contribution is 0.0419. The lowest BCUT2D eigenvalue weighted by Gasteiger charge is -2.06. The molecule has 0 unspecified atom stereocenters. The van der Waals surface area contributed by atoms with E-state index in [0.29, 0.717) is 17.0 Å². The van der Waals surface area contributed by atoms with Gasteiger partial charge in [-0.25, -0.2) is 4.79 Å². The predicted octanol–water partition coefficient (Wildman–Crippen LogP) is 2.91. The number of rotatable bonds is 6. The summed E-state index contributed by atoms with van der Waals surface area (Å²) in [6.45, 7) is 0.146. The molecule has 0 spiro atoms. The monoisotopic (exact) mass is 364 g/mol. The van der Waals surface area contributed by atoms with Crippen LogP contribution in [0, 0.1) is 0 Å². The molecule has 27 heavy (non-hydrogen) atoms. The summed E-state index contributed by atoms with van der Waals surface area (Å²) in [5.74, 6) is -0.0726. The average Bonchev–Trinajstić information content (AvgIpc) is 3.32. The molecule has 2 aromatic carbocycles. The molecule has 8 nitrogen and oxygen atoms in total. The SMILES string of the molecule is COCc1c(C(=O)OCc2nnnn2-c2ccccc2)oc2ccccc12. The maximum atomic E-state index is 12.6. The summed E-state index contributed by atoms with van der Waals surface area (Å²) < 4.78 is 17.8. The van der Waals surface area contributed by atoms with Gasteiger partial charge in [0.1, 0.15) is 5.58 Å². The van der Waals surface area contributed by atoms with Gasteiger partial charge >= 0.3 is 5.97 Å². The minimum absolute atomic E-state index is 0.0931. The van der Waals surface area contributed by atoms with Crippen molar-refractivity contribution >= 4 is 16.9 Å². The summed E-state index contributed by atoms with van der Waals surface area (Å²) in [6, 6.07) is 16.7. The maximum absolute atomic E-state index is 12.6. The van der Waals surface area contributed by atoms with E-state index in [4.69, 9.17) is 13.9 Å². The lowest BCUT2D eigenvalue weighted by atomic mass is 10.1. The number of carbonyl (C=O) groups is 1. The second-order valence-corrected chi connectivity index (χ2v) is 5.76. The van der Waals surface area contributed by atoms with Crippen LogP contribution in [0.2, 0.25) is 0 Å². The van der Waals surface area contributed by atoms with Crippen molar-refractivity contribution in [2.45, 2.75) is 13.2 Å². The van der Waals surface area contributed by atoms with Crippen LogP contribution < -0.4 is 0 Å². The molecule has 0 fully saturated rings. The zero-order chi connectivity index (χ0) is 18.6. The van der Waals surface area contributed by atoms with Gasteiger partial charge in [-0.2, -0.15) is 4.68 Å². The van der Waals surface area contributed by atoms with Crippen molar-refractivity contribution in [3.05, 3.63) is 71.7 Å². The molecule has 0 atom stereocenters. The Balaban J connectivity index is 1.57. The van der Waals surface area contributed by atoms with Gasteiger partial charge in [-0.15, -0.1) is 5.10 Å². The van der Waals surface area contributed by atoms with E-state index in [0.717, 1.165) is 11.1 Å². The number of ether oxygens (including phenoxy) is 2. The number of para-hydroxylation sites is 2. The highest BCUT2D eigenvalue weighted by atomic mass is 16.5. The summed E-state index contributed by atoms with van der Waals surface area (Å²) in [5.41, 5.74) is 2.03. The normalized spacial score (nSPS) is 11.0. The zero-order valence-electron chi connectivity index (χ0n) is 14.5. The molecule has 0 radical (unpaired) electrons. The van der Waals surface area contributed by atoms with Crippen LogP contribution in [-0.2, 0) is 22.7 Å². The Kier molecular flexibility index (Phi) is 4.63. The number of methoxy groups -OCH3 is 1. The molecule has 2 heterocycles. The van der Waals surface area contributed by atoms with Crippen LogP contribution in [0.1, 0.15) is 21.9 Å². The molecule has 0 aliphatic carbocycles. The maximum Gasteiger partial charge on any atom is 0.375 e. The van der Waals surface area contributed by atoms with Crippen LogP contribution in [-0.4, -0.2) is 33.3 Å². The molecule has 0 saturated carbocycles. The molecule has 0 bridgehead atoms. The Morgan fingerprint density at radius 1 is 1.07 bits per heavy atom. The van der Waals surface area contributed by atoms with Crippen LogP contribution in [0.3, 0.4) is 0 Å². The Morgan fingerprint density at radius 3 is 2.67 bits per heavy atom. The van der Waals surface area contributed by atoms with Crippen molar-refractivity contribution in [1.29, 1.82) is 0 Å². The van der Waals surface area contributed by atoms with E-state index in [1.165, 1.54) is 4.68 Å². The van der Waals surface area contributed by atoms with Crippen LogP contribution >= 0.6 is 0 Å². The summed E-state index contributed by atoms with van der Waals surface area (Å²) in [7, 11) is 1.56. The standard InChI is InChI=1S/C19H16N4O4/c1-25-11-15-14-9-5-6-10-16(14)27-18(15)19(24)26-12-17-20-21-22-23(17)13-7-3-2-4-8-13/h2-10H,11-12H2,1H3. The van der Waals surface area contributed by atoms with Crippen molar-refractivity contribution in [2.75, 3.05) is 7.11 Å². The van der Waals surface area contributed by atoms with Crippen molar-refractivity contribution in [2.24, 2.45) is 0 Å². The molecule has 8 heteroatoms. The molecular weight excluding hydrogens is 348 g/mol. The van der Waals surface area contributed by atoms with E-state index in [2.05, 4.69) is 15.5 Å². The van der Waals surface area contributed by atoms with E-state index in [1.807, 2.05) is 48.5 Å². The van der Waals surface area contributed by atoms with Gasteiger partial charge in [0.05, 0.1) is 12.3 Å². The number of nitrogens with zero attached hydrogens (tertiary/aromatic N) is 4. The molecule has 0 amide bonds. The van der Waals surface area contributed by atoms with Gasteiger partial charge in [-0.1, -0.05) is 36.4 Å². The minimum Gasteiger partial charge on any atom is -0.452 e. The van der Waals surface area contributed by atoms with Crippen molar-refractivity contribution < 1.29 is 18.7 Å². The third-order valence-electron chi connectivity index (χ3n) is 4.04. The summed E-state index contributed by atoms with van der Waals surface area (Å²) in [5, 5.41) is 12.3. The predicted molar refractivity (Wildman–Crippen MR) is 95.2 cm³/mol. The topological polar surface area (TPSA) is 92.3 Å². The van der Waals surface area contributed by atoms with Crippen molar-refractivity contribution in [3.8, 4) is 5.69 Å². The third-order valence-corrected chi connectivity index (χ3v) is 4.04. The third kappa shape index (κ3) is 3.30. The largest absolute Gasteiger partial charge is 0.452 e. The first-order valence-corrected chi connectivity index (χ1v) is 8.27. The number of fused-ring (bicyclic) bond motifs is 1. The Hall–Kier alpha value is -3.52. The summed E-state index contributed by atoms with van der Waals surface area (Å²) >= 11 is 0. The van der Waals surface area contributed by atoms with Gasteiger partial charge in [-0.05, 0) is 28.6 Å². The van der Waals surface area contributed by atoms with E-state index in [9.17, 15) is 4.79 Å². The van der Waals surface area contributed by atoms with Crippen LogP contribution in [0.15, 0.2) is 59.0 Å². The van der Waals surface area contributed by atoms with Crippen molar-refractivity contribution in [1.82, 2.24) is 20.2 Å². The zero-order valence-corrected chi connectivity index (χ0v) is 14.5. The van der Waals surface area contributed by atoms with Gasteiger partial charge in [0.2, 0.25) is 5.76 Å². The number of aromatic nitrogens is 4. The van der Waals surface area contributed by atoms with Gasteiger partial charge in [0, 0.05) is 18.1 Å². The van der Waals surface area contributed by atoms with Crippen LogP contribution in [0.25, 0.3) is 16.7 Å². The van der Waals surface area contributed by atoms with E-state index in [1.54, 1.807) is 13.2 Å². The van der Waals surface area contributed by atoms with Crippen LogP contribution in [0.4, 0.5) is 0 Å². The Labute approximate surface area is 154 Å². The number of carbonyl (C=O) groups excluding carboxylic acids is 1. The molecule has 0 saturated heterocycles. The fourth-order valence-corrected chi connectivity index (χ4v) is 2.81. The summed E-state index contributed by atoms with van der Waals surface area (Å²) in [4.78, 5) is 12.6. The van der Waals surface area contributed by atoms with Gasteiger partial charge in [-0.3, -0.25) is 0 Å². The van der Waals surface area contributed by atoms with Crippen LogP contribution in [0.5, 0.6) is 0 Å². The minimum atomic E-state index is -0.596. The molecular formula is C19H16N4O4. The van der Waals surface area contributed by atoms with Gasteiger partial charge in [0.25, 0.3) is 0 Å². The van der Waals surface area contributed by atoms with Gasteiger partial charge < -0.3 is 13.9 Å². The average molecular weight is 364 g/mol. The highest BCUT2D eigenvalue weighted by Gasteiger charge is 2.22. The first-order chi connectivity index (χ1) is 13.3. The second kappa shape index (κ2) is 7.38. The quantitative estimate of drug-likeness (QED) is 0.486. The van der Waals surface area contributed by atoms with Gasteiger partial charge in [0.15, 0.2) is 12.4 Å². The molecule has 2 aromatic heterocycles. The highest BCUT2D eigenvalue weighted by Crippen LogP contribution is 2.27. The fourth-order valence-electron chi connectivity index (χ4n) is 2.81. The Bertz CT molecular complexity index is 1070. The molecule has 4 aromatic rings. The van der Waals surface area contributed by atoms with E-state index < -0.39 is 5.97 Å². The van der Waals surface area contributed by atoms with E-state index in [-0.39, 0.29) is 19.0 Å². The fraction of sp³-hybridized carbons (Fsp3) is 0.158. The molecule has 0 aliphatic rings. The smallest absolute Gasteiger partial charge is 0.375 e. The Morgan fingerprint density at radius 2 is 1.85 bits per heavy atom. The second-order valence-electron chi connectivity index (χ2n) is 5.76. The van der Waals surface area contributed by atoms with Crippen molar-refractivity contribution in [3.63, 3.8) is 0 Å². The first-order valence-electron chi connectivity index (χ1n) is 8.27. The number of tetrazole rings is 1.